The number of hydrogen-bond donors (Lipinski definition) is 0. The third-order valence-electron chi connectivity index (χ3n) is 2.09. The quantitative estimate of drug-likeness (QED) is 0.541. The summed E-state index contributed by atoms with van der Waals surface area (Å²) in [6, 6.07) is 8.36. The van der Waals surface area contributed by atoms with E-state index in [9.17, 15) is 0 Å². The topological polar surface area (TPSA) is 12.5 Å². The van der Waals surface area contributed by atoms with E-state index in [1.54, 1.807) is 6.26 Å². The number of hydrogen-bond acceptors (Lipinski definition) is 2. The summed E-state index contributed by atoms with van der Waals surface area (Å²) in [7, 11) is 4.07. The van der Waals surface area contributed by atoms with E-state index < -0.39 is 0 Å². The standard InChI is InChI=1S/C13H19NO/c1-12-4-6-13(7-5-12)8-10-15-11-9-14(2)3/h4-8,10H,9,11H2,1-3H3/b10-8-. The highest BCUT2D eigenvalue weighted by molar-refractivity contribution is 5.48. The Balaban J connectivity index is 2.29. The highest BCUT2D eigenvalue weighted by Crippen LogP contribution is 2.04. The molecule has 15 heavy (non-hydrogen) atoms. The Morgan fingerprint density at radius 2 is 1.87 bits per heavy atom. The van der Waals surface area contributed by atoms with E-state index in [4.69, 9.17) is 4.74 Å². The fraction of sp³-hybridized carbons (Fsp3) is 0.385. The summed E-state index contributed by atoms with van der Waals surface area (Å²) in [5, 5.41) is 0. The molecular weight excluding hydrogens is 186 g/mol. The van der Waals surface area contributed by atoms with Gasteiger partial charge in [-0.25, -0.2) is 0 Å². The molecule has 0 N–H and O–H groups in total. The van der Waals surface area contributed by atoms with Crippen molar-refractivity contribution in [3.05, 3.63) is 41.7 Å². The summed E-state index contributed by atoms with van der Waals surface area (Å²) >= 11 is 0. The Hall–Kier alpha value is -1.28. The van der Waals surface area contributed by atoms with Crippen LogP contribution in [0.3, 0.4) is 0 Å². The molecule has 0 aromatic heterocycles. The van der Waals surface area contributed by atoms with Crippen LogP contribution < -0.4 is 0 Å². The van der Waals surface area contributed by atoms with Gasteiger partial charge in [0.05, 0.1) is 12.9 Å². The van der Waals surface area contributed by atoms with Crippen molar-refractivity contribution in [3.63, 3.8) is 0 Å². The van der Waals surface area contributed by atoms with Gasteiger partial charge in [-0.1, -0.05) is 29.8 Å². The Labute approximate surface area is 92.2 Å². The minimum absolute atomic E-state index is 0.732. The van der Waals surface area contributed by atoms with Gasteiger partial charge in [-0.15, -0.1) is 0 Å². The van der Waals surface area contributed by atoms with E-state index >= 15 is 0 Å². The van der Waals surface area contributed by atoms with Crippen LogP contribution in [0.5, 0.6) is 0 Å². The first-order valence-corrected chi connectivity index (χ1v) is 5.18. The van der Waals surface area contributed by atoms with Gasteiger partial charge in [0.25, 0.3) is 0 Å². The summed E-state index contributed by atoms with van der Waals surface area (Å²) in [5.74, 6) is 0. The van der Waals surface area contributed by atoms with Gasteiger partial charge < -0.3 is 9.64 Å². The van der Waals surface area contributed by atoms with Gasteiger partial charge in [-0.05, 0) is 32.7 Å². The molecule has 0 saturated carbocycles. The van der Waals surface area contributed by atoms with Crippen molar-refractivity contribution in [1.82, 2.24) is 4.90 Å². The number of likely N-dealkylation sites (N-methyl/N-ethyl adjacent to an activating group) is 1. The van der Waals surface area contributed by atoms with E-state index in [0.29, 0.717) is 0 Å². The molecule has 0 amide bonds. The maximum atomic E-state index is 5.36. The molecule has 2 nitrogen and oxygen atoms in total. The van der Waals surface area contributed by atoms with Crippen molar-refractivity contribution in [3.8, 4) is 0 Å². The third-order valence-corrected chi connectivity index (χ3v) is 2.09. The molecule has 0 aliphatic rings. The minimum atomic E-state index is 0.732. The SMILES string of the molecule is Cc1ccc(/C=C\OCCN(C)C)cc1. The normalized spacial score (nSPS) is 11.2. The van der Waals surface area contributed by atoms with Crippen LogP contribution in [0.1, 0.15) is 11.1 Å². The maximum absolute atomic E-state index is 5.36. The van der Waals surface area contributed by atoms with Gasteiger partial charge in [-0.3, -0.25) is 0 Å². The molecule has 0 bridgehead atoms. The van der Waals surface area contributed by atoms with Gasteiger partial charge in [0.15, 0.2) is 0 Å². The van der Waals surface area contributed by atoms with E-state index in [1.807, 2.05) is 20.2 Å². The van der Waals surface area contributed by atoms with Crippen molar-refractivity contribution < 1.29 is 4.74 Å². The van der Waals surface area contributed by atoms with E-state index in [2.05, 4.69) is 36.1 Å². The Morgan fingerprint density at radius 3 is 2.47 bits per heavy atom. The largest absolute Gasteiger partial charge is 0.500 e. The molecule has 0 saturated heterocycles. The summed E-state index contributed by atoms with van der Waals surface area (Å²) in [5.41, 5.74) is 2.45. The van der Waals surface area contributed by atoms with Crippen LogP contribution in [0.4, 0.5) is 0 Å². The lowest BCUT2D eigenvalue weighted by molar-refractivity contribution is 0.214. The molecule has 0 spiro atoms. The minimum Gasteiger partial charge on any atom is -0.500 e. The summed E-state index contributed by atoms with van der Waals surface area (Å²) in [6.45, 7) is 3.76. The second-order valence-corrected chi connectivity index (χ2v) is 3.89. The first-order chi connectivity index (χ1) is 7.18. The van der Waals surface area contributed by atoms with Gasteiger partial charge in [0.2, 0.25) is 0 Å². The molecule has 0 aliphatic carbocycles. The number of rotatable bonds is 5. The molecule has 0 aliphatic heterocycles. The highest BCUT2D eigenvalue weighted by Gasteiger charge is 1.88. The van der Waals surface area contributed by atoms with Crippen molar-refractivity contribution >= 4 is 6.08 Å². The predicted octanol–water partition coefficient (Wildman–Crippen LogP) is 2.54. The second-order valence-electron chi connectivity index (χ2n) is 3.89. The summed E-state index contributed by atoms with van der Waals surface area (Å²) < 4.78 is 5.36. The summed E-state index contributed by atoms with van der Waals surface area (Å²) in [4.78, 5) is 2.10. The van der Waals surface area contributed by atoms with Gasteiger partial charge in [0, 0.05) is 6.54 Å². The zero-order valence-corrected chi connectivity index (χ0v) is 9.73. The van der Waals surface area contributed by atoms with Gasteiger partial charge in [0.1, 0.15) is 0 Å². The third kappa shape index (κ3) is 5.23. The highest BCUT2D eigenvalue weighted by atomic mass is 16.5. The molecule has 0 fully saturated rings. The average Bonchev–Trinajstić information content (AvgIpc) is 2.20. The number of benzene rings is 1. The molecule has 1 aromatic carbocycles. The zero-order valence-electron chi connectivity index (χ0n) is 9.73. The predicted molar refractivity (Wildman–Crippen MR) is 64.7 cm³/mol. The van der Waals surface area contributed by atoms with Crippen molar-refractivity contribution in [1.29, 1.82) is 0 Å². The van der Waals surface area contributed by atoms with Crippen LogP contribution in [0, 0.1) is 6.92 Å². The second kappa shape index (κ2) is 6.25. The van der Waals surface area contributed by atoms with Crippen LogP contribution in [-0.4, -0.2) is 32.1 Å². The molecular formula is C13H19NO. The smallest absolute Gasteiger partial charge is 0.0999 e. The molecule has 0 radical (unpaired) electrons. The lowest BCUT2D eigenvalue weighted by atomic mass is 10.1. The lowest BCUT2D eigenvalue weighted by Gasteiger charge is -2.07. The van der Waals surface area contributed by atoms with Crippen LogP contribution in [-0.2, 0) is 4.74 Å². The van der Waals surface area contributed by atoms with Gasteiger partial charge in [-0.2, -0.15) is 0 Å². The monoisotopic (exact) mass is 205 g/mol. The molecule has 2 heteroatoms. The molecule has 0 atom stereocenters. The molecule has 82 valence electrons. The fourth-order valence-corrected chi connectivity index (χ4v) is 1.11. The number of nitrogens with zero attached hydrogens (tertiary/aromatic N) is 1. The van der Waals surface area contributed by atoms with Crippen molar-refractivity contribution in [2.75, 3.05) is 27.2 Å². The molecule has 1 rings (SSSR count). The van der Waals surface area contributed by atoms with E-state index in [0.717, 1.165) is 13.2 Å². The van der Waals surface area contributed by atoms with Gasteiger partial charge >= 0.3 is 0 Å². The number of aryl methyl sites for hydroxylation is 1. The van der Waals surface area contributed by atoms with E-state index in [-0.39, 0.29) is 0 Å². The molecule has 0 heterocycles. The first kappa shape index (κ1) is 11.8. The van der Waals surface area contributed by atoms with Crippen molar-refractivity contribution in [2.45, 2.75) is 6.92 Å². The van der Waals surface area contributed by atoms with Crippen LogP contribution in [0.15, 0.2) is 30.5 Å². The first-order valence-electron chi connectivity index (χ1n) is 5.18. The fourth-order valence-electron chi connectivity index (χ4n) is 1.11. The Bertz CT molecular complexity index is 301. The van der Waals surface area contributed by atoms with Crippen molar-refractivity contribution in [2.24, 2.45) is 0 Å². The van der Waals surface area contributed by atoms with E-state index in [1.165, 1.54) is 11.1 Å². The Morgan fingerprint density at radius 1 is 1.20 bits per heavy atom. The number of ether oxygens (including phenoxy) is 1. The molecule has 1 aromatic rings. The van der Waals surface area contributed by atoms with Crippen LogP contribution in [0.25, 0.3) is 6.08 Å². The van der Waals surface area contributed by atoms with Crippen LogP contribution >= 0.6 is 0 Å². The average molecular weight is 205 g/mol. The maximum Gasteiger partial charge on any atom is 0.0999 e. The summed E-state index contributed by atoms with van der Waals surface area (Å²) in [6.07, 6.45) is 3.74. The van der Waals surface area contributed by atoms with Crippen LogP contribution in [0.2, 0.25) is 0 Å². The Kier molecular flexibility index (Phi) is 4.91. The molecule has 0 unspecified atom stereocenters. The lowest BCUT2D eigenvalue weighted by Crippen LogP contribution is -2.16. The zero-order chi connectivity index (χ0) is 11.1.